The van der Waals surface area contributed by atoms with Crippen LogP contribution in [0.4, 0.5) is 10.2 Å². The van der Waals surface area contributed by atoms with Gasteiger partial charge in [0, 0.05) is 13.2 Å². The summed E-state index contributed by atoms with van der Waals surface area (Å²) < 4.78 is 13.0. The molecule has 0 fully saturated rings. The summed E-state index contributed by atoms with van der Waals surface area (Å²) in [6.07, 6.45) is 2.45. The first-order valence-electron chi connectivity index (χ1n) is 6.09. The minimum absolute atomic E-state index is 0.116. The van der Waals surface area contributed by atoms with E-state index in [1.54, 1.807) is 0 Å². The van der Waals surface area contributed by atoms with Gasteiger partial charge in [0.05, 0.1) is 6.20 Å². The fraction of sp³-hybridized carbons (Fsp3) is 0.538. The lowest BCUT2D eigenvalue weighted by molar-refractivity contribution is 0.0697. The highest BCUT2D eigenvalue weighted by Crippen LogP contribution is 2.23. The largest absolute Gasteiger partial charge is 0.478 e. The zero-order chi connectivity index (χ0) is 14.5. The molecule has 0 bridgehead atoms. The molecule has 5 nitrogen and oxygen atoms in total. The van der Waals surface area contributed by atoms with Gasteiger partial charge in [-0.25, -0.2) is 14.2 Å². The van der Waals surface area contributed by atoms with E-state index in [4.69, 9.17) is 10.2 Å². The molecule has 0 aromatic carbocycles. The van der Waals surface area contributed by atoms with Crippen LogP contribution in [0.25, 0.3) is 0 Å². The van der Waals surface area contributed by atoms with Crippen LogP contribution in [0.3, 0.4) is 0 Å². The molecule has 0 aliphatic heterocycles. The topological polar surface area (TPSA) is 82.5 Å². The van der Waals surface area contributed by atoms with Crippen LogP contribution in [0.5, 0.6) is 0 Å². The molecule has 19 heavy (non-hydrogen) atoms. The second-order valence-electron chi connectivity index (χ2n) is 5.20. The van der Waals surface area contributed by atoms with Gasteiger partial charge in [-0.3, -0.25) is 0 Å². The number of halogens is 1. The average Bonchev–Trinajstić information content (AvgIpc) is 2.35. The molecule has 6 heteroatoms. The number of aromatic nitrogens is 1. The summed E-state index contributed by atoms with van der Waals surface area (Å²) in [7, 11) is 0. The summed E-state index contributed by atoms with van der Waals surface area (Å²) in [4.78, 5) is 14.8. The van der Waals surface area contributed by atoms with Crippen molar-refractivity contribution in [3.8, 4) is 0 Å². The van der Waals surface area contributed by atoms with Crippen molar-refractivity contribution < 1.29 is 19.4 Å². The number of carbonyl (C=O) groups is 1. The van der Waals surface area contributed by atoms with Gasteiger partial charge in [-0.15, -0.1) is 0 Å². The van der Waals surface area contributed by atoms with Crippen LogP contribution in [0.15, 0.2) is 12.3 Å². The van der Waals surface area contributed by atoms with Crippen LogP contribution < -0.4 is 5.32 Å². The van der Waals surface area contributed by atoms with E-state index in [0.29, 0.717) is 13.0 Å². The molecule has 0 radical (unpaired) electrons. The summed E-state index contributed by atoms with van der Waals surface area (Å²) >= 11 is 0. The Morgan fingerprint density at radius 1 is 1.53 bits per heavy atom. The monoisotopic (exact) mass is 270 g/mol. The van der Waals surface area contributed by atoms with E-state index in [9.17, 15) is 9.18 Å². The number of carboxylic acid groups (broad SMARTS) is 1. The average molecular weight is 270 g/mol. The van der Waals surface area contributed by atoms with Crippen LogP contribution in [0.1, 0.15) is 37.0 Å². The maximum Gasteiger partial charge on any atom is 0.339 e. The van der Waals surface area contributed by atoms with Crippen molar-refractivity contribution in [2.75, 3.05) is 18.5 Å². The predicted octanol–water partition coefficient (Wildman–Crippen LogP) is 2.13. The molecule has 3 N–H and O–H groups in total. The first-order chi connectivity index (χ1) is 8.85. The van der Waals surface area contributed by atoms with Crippen LogP contribution in [-0.4, -0.2) is 34.3 Å². The van der Waals surface area contributed by atoms with E-state index in [2.05, 4.69) is 10.3 Å². The molecule has 1 aromatic rings. The molecule has 0 saturated carbocycles. The molecule has 1 heterocycles. The van der Waals surface area contributed by atoms with Gasteiger partial charge in [0.2, 0.25) is 0 Å². The minimum Gasteiger partial charge on any atom is -0.478 e. The highest BCUT2D eigenvalue weighted by Gasteiger charge is 2.19. The lowest BCUT2D eigenvalue weighted by Crippen LogP contribution is -2.24. The number of nitrogens with zero attached hydrogens (tertiary/aromatic N) is 1. The molecule has 0 spiro atoms. The molecule has 0 saturated heterocycles. The number of hydrogen-bond donors (Lipinski definition) is 3. The number of rotatable bonds is 7. The number of carboxylic acids is 1. The number of pyridine rings is 1. The van der Waals surface area contributed by atoms with Gasteiger partial charge in [-0.2, -0.15) is 0 Å². The Morgan fingerprint density at radius 3 is 2.79 bits per heavy atom. The summed E-state index contributed by atoms with van der Waals surface area (Å²) in [5, 5.41) is 20.7. The Kier molecular flexibility index (Phi) is 5.23. The SMILES string of the molecule is CC(C)(CCCO)CNc1ncc(F)cc1C(=O)O. The lowest BCUT2D eigenvalue weighted by Gasteiger charge is -2.25. The highest BCUT2D eigenvalue weighted by molar-refractivity contribution is 5.93. The number of aliphatic hydroxyl groups excluding tert-OH is 1. The molecular formula is C13H19FN2O3. The van der Waals surface area contributed by atoms with E-state index < -0.39 is 11.8 Å². The van der Waals surface area contributed by atoms with Gasteiger partial charge in [0.25, 0.3) is 0 Å². The number of aromatic carboxylic acids is 1. The normalized spacial score (nSPS) is 11.4. The zero-order valence-corrected chi connectivity index (χ0v) is 11.1. The number of hydrogen-bond acceptors (Lipinski definition) is 4. The number of nitrogens with one attached hydrogen (secondary N) is 1. The van der Waals surface area contributed by atoms with Gasteiger partial charge in [-0.1, -0.05) is 13.8 Å². The van der Waals surface area contributed by atoms with Crippen LogP contribution in [0, 0.1) is 11.2 Å². The Balaban J connectivity index is 2.75. The standard InChI is InChI=1S/C13H19FN2O3/c1-13(2,4-3-5-17)8-16-11-10(12(18)19)6-9(14)7-15-11/h6-7,17H,3-5,8H2,1-2H3,(H,15,16)(H,18,19). The van der Waals surface area contributed by atoms with Gasteiger partial charge < -0.3 is 15.5 Å². The van der Waals surface area contributed by atoms with Crippen molar-refractivity contribution in [3.05, 3.63) is 23.6 Å². The number of anilines is 1. The predicted molar refractivity (Wildman–Crippen MR) is 69.7 cm³/mol. The maximum absolute atomic E-state index is 13.0. The fourth-order valence-corrected chi connectivity index (χ4v) is 1.71. The van der Waals surface area contributed by atoms with Crippen molar-refractivity contribution in [2.45, 2.75) is 26.7 Å². The molecule has 0 aliphatic carbocycles. The van der Waals surface area contributed by atoms with E-state index in [1.807, 2.05) is 13.8 Å². The summed E-state index contributed by atoms with van der Waals surface area (Å²) in [5.74, 6) is -1.74. The van der Waals surface area contributed by atoms with Crippen molar-refractivity contribution in [3.63, 3.8) is 0 Å². The van der Waals surface area contributed by atoms with Crippen molar-refractivity contribution >= 4 is 11.8 Å². The first-order valence-corrected chi connectivity index (χ1v) is 6.09. The smallest absolute Gasteiger partial charge is 0.339 e. The summed E-state index contributed by atoms with van der Waals surface area (Å²) in [5.41, 5.74) is -0.299. The van der Waals surface area contributed by atoms with E-state index in [-0.39, 0.29) is 23.4 Å². The van der Waals surface area contributed by atoms with Crippen LogP contribution in [-0.2, 0) is 0 Å². The lowest BCUT2D eigenvalue weighted by atomic mass is 9.88. The van der Waals surface area contributed by atoms with Gasteiger partial charge in [0.1, 0.15) is 17.2 Å². The highest BCUT2D eigenvalue weighted by atomic mass is 19.1. The van der Waals surface area contributed by atoms with Gasteiger partial charge in [-0.05, 0) is 24.3 Å². The molecule has 0 atom stereocenters. The minimum atomic E-state index is -1.22. The molecule has 0 unspecified atom stereocenters. The van der Waals surface area contributed by atoms with Crippen molar-refractivity contribution in [1.82, 2.24) is 4.98 Å². The first kappa shape index (κ1) is 15.4. The van der Waals surface area contributed by atoms with Gasteiger partial charge in [0.15, 0.2) is 0 Å². The van der Waals surface area contributed by atoms with E-state index in [1.165, 1.54) is 0 Å². The van der Waals surface area contributed by atoms with E-state index in [0.717, 1.165) is 18.7 Å². The van der Waals surface area contributed by atoms with E-state index >= 15 is 0 Å². The Labute approximate surface area is 111 Å². The quantitative estimate of drug-likeness (QED) is 0.707. The third kappa shape index (κ3) is 4.82. The van der Waals surface area contributed by atoms with Crippen LogP contribution >= 0.6 is 0 Å². The Bertz CT molecular complexity index is 450. The molecular weight excluding hydrogens is 251 g/mol. The zero-order valence-electron chi connectivity index (χ0n) is 11.1. The summed E-state index contributed by atoms with van der Waals surface area (Å²) in [6, 6.07) is 0.943. The summed E-state index contributed by atoms with van der Waals surface area (Å²) in [6.45, 7) is 4.61. The molecule has 1 aromatic heterocycles. The Hall–Kier alpha value is -1.69. The Morgan fingerprint density at radius 2 is 2.21 bits per heavy atom. The molecule has 0 amide bonds. The third-order valence-corrected chi connectivity index (χ3v) is 2.83. The molecule has 0 aliphatic rings. The van der Waals surface area contributed by atoms with Crippen LogP contribution in [0.2, 0.25) is 0 Å². The van der Waals surface area contributed by atoms with Crippen molar-refractivity contribution in [1.29, 1.82) is 0 Å². The second kappa shape index (κ2) is 6.47. The fourth-order valence-electron chi connectivity index (χ4n) is 1.71. The van der Waals surface area contributed by atoms with Crippen molar-refractivity contribution in [2.24, 2.45) is 5.41 Å². The van der Waals surface area contributed by atoms with Gasteiger partial charge >= 0.3 is 5.97 Å². The third-order valence-electron chi connectivity index (χ3n) is 2.83. The second-order valence-corrected chi connectivity index (χ2v) is 5.20. The maximum atomic E-state index is 13.0. The molecule has 1 rings (SSSR count). The number of aliphatic hydroxyl groups is 1. The molecule has 106 valence electrons.